The lowest BCUT2D eigenvalue weighted by Gasteiger charge is -1.96. The fourth-order valence-electron chi connectivity index (χ4n) is 1.43. The van der Waals surface area contributed by atoms with E-state index in [-0.39, 0.29) is 0 Å². The molecule has 2 aromatic heterocycles. The minimum Gasteiger partial charge on any atom is -0.382 e. The number of nitrogens with one attached hydrogen (secondary N) is 1. The van der Waals surface area contributed by atoms with Gasteiger partial charge in [0.15, 0.2) is 0 Å². The Hall–Kier alpha value is -1.36. The van der Waals surface area contributed by atoms with Gasteiger partial charge in [-0.25, -0.2) is 4.98 Å². The monoisotopic (exact) mass is 208 g/mol. The van der Waals surface area contributed by atoms with E-state index in [1.54, 1.807) is 11.3 Å². The molecule has 74 valence electrons. The number of aromatic nitrogens is 3. The van der Waals surface area contributed by atoms with Crippen LogP contribution in [0.3, 0.4) is 0 Å². The van der Waals surface area contributed by atoms with Crippen LogP contribution in [0, 0.1) is 6.92 Å². The fourth-order valence-corrected chi connectivity index (χ4v) is 2.03. The van der Waals surface area contributed by atoms with Crippen molar-refractivity contribution in [3.8, 4) is 11.4 Å². The zero-order chi connectivity index (χ0) is 10.1. The first-order valence-corrected chi connectivity index (χ1v) is 5.35. The smallest absolute Gasteiger partial charge is 0.149 e. The lowest BCUT2D eigenvalue weighted by Crippen LogP contribution is -1.90. The molecule has 4 nitrogen and oxygen atoms in total. The molecule has 0 aliphatic carbocycles. The van der Waals surface area contributed by atoms with Crippen molar-refractivity contribution in [3.63, 3.8) is 0 Å². The van der Waals surface area contributed by atoms with E-state index >= 15 is 0 Å². The minimum atomic E-state index is 0.577. The van der Waals surface area contributed by atoms with Gasteiger partial charge in [-0.1, -0.05) is 6.92 Å². The number of hydrogen-bond donors (Lipinski definition) is 2. The summed E-state index contributed by atoms with van der Waals surface area (Å²) < 4.78 is 0. The van der Waals surface area contributed by atoms with Crippen molar-refractivity contribution < 1.29 is 0 Å². The summed E-state index contributed by atoms with van der Waals surface area (Å²) in [7, 11) is 0. The summed E-state index contributed by atoms with van der Waals surface area (Å²) in [5.41, 5.74) is 8.67. The number of nitrogen functional groups attached to an aromatic ring is 1. The van der Waals surface area contributed by atoms with Crippen molar-refractivity contribution in [3.05, 3.63) is 16.0 Å². The van der Waals surface area contributed by atoms with Gasteiger partial charge in [-0.3, -0.25) is 5.10 Å². The molecule has 0 saturated carbocycles. The topological polar surface area (TPSA) is 67.6 Å². The van der Waals surface area contributed by atoms with Crippen LogP contribution < -0.4 is 5.73 Å². The first-order chi connectivity index (χ1) is 6.72. The molecule has 0 aromatic carbocycles. The molecule has 0 saturated heterocycles. The summed E-state index contributed by atoms with van der Waals surface area (Å²) in [6.07, 6.45) is 0.869. The van der Waals surface area contributed by atoms with Crippen LogP contribution in [0.1, 0.15) is 17.5 Å². The second-order valence-corrected chi connectivity index (χ2v) is 4.13. The highest BCUT2D eigenvalue weighted by atomic mass is 32.1. The predicted molar refractivity (Wildman–Crippen MR) is 58.2 cm³/mol. The maximum Gasteiger partial charge on any atom is 0.149 e. The number of H-pyrrole nitrogens is 1. The number of aromatic amines is 1. The predicted octanol–water partition coefficient (Wildman–Crippen LogP) is 1.99. The second-order valence-electron chi connectivity index (χ2n) is 3.07. The molecule has 0 spiro atoms. The van der Waals surface area contributed by atoms with Gasteiger partial charge in [0.1, 0.15) is 5.82 Å². The largest absolute Gasteiger partial charge is 0.382 e. The quantitative estimate of drug-likeness (QED) is 0.793. The van der Waals surface area contributed by atoms with Crippen LogP contribution in [-0.2, 0) is 6.42 Å². The Morgan fingerprint density at radius 3 is 2.93 bits per heavy atom. The van der Waals surface area contributed by atoms with Crippen LogP contribution in [0.5, 0.6) is 0 Å². The van der Waals surface area contributed by atoms with Gasteiger partial charge in [0.2, 0.25) is 0 Å². The highest BCUT2D eigenvalue weighted by molar-refractivity contribution is 7.09. The molecule has 14 heavy (non-hydrogen) atoms. The van der Waals surface area contributed by atoms with Gasteiger partial charge in [-0.2, -0.15) is 5.10 Å². The minimum absolute atomic E-state index is 0.577. The molecule has 2 rings (SSSR count). The standard InChI is InChI=1S/C9H12N4S/c1-3-6-8(12-13-9(6)10)7-4-14-5(2)11-7/h4H,3H2,1-2H3,(H3,10,12,13). The van der Waals surface area contributed by atoms with E-state index < -0.39 is 0 Å². The molecular weight excluding hydrogens is 196 g/mol. The van der Waals surface area contributed by atoms with Crippen molar-refractivity contribution in [1.29, 1.82) is 0 Å². The molecule has 0 aliphatic rings. The Morgan fingerprint density at radius 2 is 2.36 bits per heavy atom. The highest BCUT2D eigenvalue weighted by Gasteiger charge is 2.12. The van der Waals surface area contributed by atoms with E-state index in [0.29, 0.717) is 5.82 Å². The van der Waals surface area contributed by atoms with Gasteiger partial charge in [0, 0.05) is 10.9 Å². The van der Waals surface area contributed by atoms with E-state index in [0.717, 1.165) is 28.4 Å². The lowest BCUT2D eigenvalue weighted by molar-refractivity contribution is 1.09. The van der Waals surface area contributed by atoms with E-state index in [1.165, 1.54) is 0 Å². The van der Waals surface area contributed by atoms with Crippen molar-refractivity contribution in [1.82, 2.24) is 15.2 Å². The van der Waals surface area contributed by atoms with Crippen molar-refractivity contribution in [2.75, 3.05) is 5.73 Å². The van der Waals surface area contributed by atoms with E-state index in [4.69, 9.17) is 5.73 Å². The van der Waals surface area contributed by atoms with E-state index in [1.807, 2.05) is 12.3 Å². The zero-order valence-electron chi connectivity index (χ0n) is 8.16. The number of nitrogens with two attached hydrogens (primary N) is 1. The molecular formula is C9H12N4S. The molecule has 5 heteroatoms. The molecule has 0 radical (unpaired) electrons. The van der Waals surface area contributed by atoms with Crippen LogP contribution in [0.2, 0.25) is 0 Å². The zero-order valence-corrected chi connectivity index (χ0v) is 8.98. The molecule has 2 heterocycles. The number of aryl methyl sites for hydroxylation is 1. The maximum absolute atomic E-state index is 5.73. The van der Waals surface area contributed by atoms with Gasteiger partial charge in [-0.15, -0.1) is 11.3 Å². The van der Waals surface area contributed by atoms with Gasteiger partial charge >= 0.3 is 0 Å². The van der Waals surface area contributed by atoms with Gasteiger partial charge < -0.3 is 5.73 Å². The summed E-state index contributed by atoms with van der Waals surface area (Å²) in [5, 5.41) is 9.98. The van der Waals surface area contributed by atoms with Crippen molar-refractivity contribution in [2.24, 2.45) is 0 Å². The molecule has 0 bridgehead atoms. The maximum atomic E-state index is 5.73. The Labute approximate surface area is 86.2 Å². The van der Waals surface area contributed by atoms with Crippen LogP contribution in [0.25, 0.3) is 11.4 Å². The van der Waals surface area contributed by atoms with E-state index in [2.05, 4.69) is 22.1 Å². The summed E-state index contributed by atoms with van der Waals surface area (Å²) in [6.45, 7) is 4.05. The number of nitrogens with zero attached hydrogens (tertiary/aromatic N) is 2. The first kappa shape index (κ1) is 9.21. The third-order valence-corrected chi connectivity index (χ3v) is 2.90. The summed E-state index contributed by atoms with van der Waals surface area (Å²) in [5.74, 6) is 0.577. The van der Waals surface area contributed by atoms with E-state index in [9.17, 15) is 0 Å². The first-order valence-electron chi connectivity index (χ1n) is 4.47. The number of thiazole rings is 1. The Balaban J connectivity index is 2.51. The average molecular weight is 208 g/mol. The van der Waals surface area contributed by atoms with Crippen LogP contribution in [0.4, 0.5) is 5.82 Å². The molecule has 0 fully saturated rings. The summed E-state index contributed by atoms with van der Waals surface area (Å²) in [4.78, 5) is 4.39. The summed E-state index contributed by atoms with van der Waals surface area (Å²) >= 11 is 1.63. The highest BCUT2D eigenvalue weighted by Crippen LogP contribution is 2.26. The number of anilines is 1. The number of rotatable bonds is 2. The van der Waals surface area contributed by atoms with Crippen molar-refractivity contribution in [2.45, 2.75) is 20.3 Å². The SMILES string of the molecule is CCc1c(N)n[nH]c1-c1csc(C)n1. The van der Waals surface area contributed by atoms with Gasteiger partial charge in [0.25, 0.3) is 0 Å². The molecule has 0 amide bonds. The number of hydrogen-bond acceptors (Lipinski definition) is 4. The van der Waals surface area contributed by atoms with Crippen LogP contribution in [-0.4, -0.2) is 15.2 Å². The average Bonchev–Trinajstić information content (AvgIpc) is 2.71. The third-order valence-electron chi connectivity index (χ3n) is 2.13. The van der Waals surface area contributed by atoms with Crippen molar-refractivity contribution >= 4 is 17.2 Å². The lowest BCUT2D eigenvalue weighted by atomic mass is 10.1. The fraction of sp³-hybridized carbons (Fsp3) is 0.333. The molecule has 0 unspecified atom stereocenters. The Bertz CT molecular complexity index is 443. The van der Waals surface area contributed by atoms with Gasteiger partial charge in [0.05, 0.1) is 16.4 Å². The molecule has 0 aliphatic heterocycles. The molecule has 0 atom stereocenters. The third kappa shape index (κ3) is 1.39. The van der Waals surface area contributed by atoms with Gasteiger partial charge in [-0.05, 0) is 13.3 Å². The summed E-state index contributed by atoms with van der Waals surface area (Å²) in [6, 6.07) is 0. The Morgan fingerprint density at radius 1 is 1.57 bits per heavy atom. The molecule has 3 N–H and O–H groups in total. The van der Waals surface area contributed by atoms with Crippen LogP contribution >= 0.6 is 11.3 Å². The van der Waals surface area contributed by atoms with Crippen LogP contribution in [0.15, 0.2) is 5.38 Å². The molecule has 2 aromatic rings. The normalized spacial score (nSPS) is 10.7. The Kier molecular flexibility index (Phi) is 2.25. The second kappa shape index (κ2) is 3.42.